The summed E-state index contributed by atoms with van der Waals surface area (Å²) in [6.45, 7) is 2.21. The number of ether oxygens (including phenoxy) is 2. The van der Waals surface area contributed by atoms with Crippen LogP contribution in [0.4, 0.5) is 5.69 Å². The van der Waals surface area contributed by atoms with E-state index in [0.29, 0.717) is 31.2 Å². The molecule has 1 aliphatic rings. The third-order valence-electron chi connectivity index (χ3n) is 4.00. The van der Waals surface area contributed by atoms with E-state index >= 15 is 0 Å². The van der Waals surface area contributed by atoms with Gasteiger partial charge in [0.2, 0.25) is 5.91 Å². The standard InChI is InChI=1S/C17H23N5O3.ClH/c18-11-15-20-17(22-21-15)12-1-3-13(4-2-12)19-16(23)7-10-25-14-5-8-24-9-6-14;/h1-4,14H,5-11,18H2,(H,19,23)(H,20,21,22);1H. The van der Waals surface area contributed by atoms with Crippen molar-refractivity contribution in [3.8, 4) is 11.4 Å². The Balaban J connectivity index is 0.00000243. The van der Waals surface area contributed by atoms with Crippen LogP contribution in [0.3, 0.4) is 0 Å². The first kappa shape index (κ1) is 20.3. The largest absolute Gasteiger partial charge is 0.381 e. The molecule has 0 bridgehead atoms. The number of carbonyl (C=O) groups excluding carboxylic acids is 1. The molecule has 0 atom stereocenters. The highest BCUT2D eigenvalue weighted by molar-refractivity contribution is 5.91. The van der Waals surface area contributed by atoms with Crippen LogP contribution < -0.4 is 11.1 Å². The number of H-pyrrole nitrogens is 1. The normalized spacial score (nSPS) is 14.7. The maximum Gasteiger partial charge on any atom is 0.226 e. The smallest absolute Gasteiger partial charge is 0.226 e. The Morgan fingerprint density at radius 2 is 2.04 bits per heavy atom. The number of nitrogens with zero attached hydrogens (tertiary/aromatic N) is 2. The Kier molecular flexibility index (Phi) is 7.99. The second-order valence-electron chi connectivity index (χ2n) is 5.87. The summed E-state index contributed by atoms with van der Waals surface area (Å²) in [6, 6.07) is 7.37. The van der Waals surface area contributed by atoms with E-state index in [9.17, 15) is 4.79 Å². The summed E-state index contributed by atoms with van der Waals surface area (Å²) in [6.07, 6.45) is 2.34. The molecule has 0 unspecified atom stereocenters. The minimum Gasteiger partial charge on any atom is -0.381 e. The first-order valence-electron chi connectivity index (χ1n) is 8.45. The lowest BCUT2D eigenvalue weighted by Gasteiger charge is -2.22. The summed E-state index contributed by atoms with van der Waals surface area (Å²) in [5.74, 6) is 1.16. The van der Waals surface area contributed by atoms with Crippen molar-refractivity contribution in [2.75, 3.05) is 25.1 Å². The summed E-state index contributed by atoms with van der Waals surface area (Å²) in [5, 5.41) is 9.74. The minimum absolute atomic E-state index is 0. The molecule has 4 N–H and O–H groups in total. The van der Waals surface area contributed by atoms with Crippen molar-refractivity contribution < 1.29 is 14.3 Å². The van der Waals surface area contributed by atoms with Gasteiger partial charge in [0, 0.05) is 24.5 Å². The van der Waals surface area contributed by atoms with Crippen LogP contribution in [0.2, 0.25) is 0 Å². The van der Waals surface area contributed by atoms with Gasteiger partial charge in [-0.1, -0.05) is 0 Å². The number of amides is 1. The summed E-state index contributed by atoms with van der Waals surface area (Å²) < 4.78 is 11.0. The zero-order valence-electron chi connectivity index (χ0n) is 14.4. The number of aromatic nitrogens is 3. The van der Waals surface area contributed by atoms with Crippen molar-refractivity contribution in [1.29, 1.82) is 0 Å². The number of anilines is 1. The Labute approximate surface area is 158 Å². The molecule has 0 aliphatic carbocycles. The fraction of sp³-hybridized carbons (Fsp3) is 0.471. The monoisotopic (exact) mass is 381 g/mol. The summed E-state index contributed by atoms with van der Waals surface area (Å²) in [7, 11) is 0. The molecule has 1 amide bonds. The van der Waals surface area contributed by atoms with Gasteiger partial charge in [0.15, 0.2) is 5.82 Å². The first-order chi connectivity index (χ1) is 12.2. The van der Waals surface area contributed by atoms with Crippen LogP contribution in [0.5, 0.6) is 0 Å². The molecule has 1 fully saturated rings. The molecule has 0 spiro atoms. The highest BCUT2D eigenvalue weighted by Gasteiger charge is 2.14. The topological polar surface area (TPSA) is 115 Å². The molecule has 1 aromatic carbocycles. The van der Waals surface area contributed by atoms with E-state index in [1.807, 2.05) is 24.3 Å². The summed E-state index contributed by atoms with van der Waals surface area (Å²) in [4.78, 5) is 16.3. The van der Waals surface area contributed by atoms with Crippen molar-refractivity contribution in [1.82, 2.24) is 15.2 Å². The van der Waals surface area contributed by atoms with Crippen LogP contribution in [0.15, 0.2) is 24.3 Å². The maximum atomic E-state index is 12.0. The Morgan fingerprint density at radius 3 is 2.69 bits per heavy atom. The van der Waals surface area contributed by atoms with E-state index in [1.165, 1.54) is 0 Å². The number of nitrogens with two attached hydrogens (primary N) is 1. The second-order valence-corrected chi connectivity index (χ2v) is 5.87. The molecule has 8 nitrogen and oxygen atoms in total. The Bertz CT molecular complexity index is 686. The number of rotatable bonds is 7. The Morgan fingerprint density at radius 1 is 1.31 bits per heavy atom. The van der Waals surface area contributed by atoms with Gasteiger partial charge >= 0.3 is 0 Å². The molecule has 9 heteroatoms. The number of benzene rings is 1. The van der Waals surface area contributed by atoms with Crippen molar-refractivity contribution in [2.24, 2.45) is 5.73 Å². The molecular formula is C17H24ClN5O3. The fourth-order valence-electron chi connectivity index (χ4n) is 2.60. The zero-order valence-corrected chi connectivity index (χ0v) is 15.3. The van der Waals surface area contributed by atoms with E-state index in [1.54, 1.807) is 0 Å². The van der Waals surface area contributed by atoms with Gasteiger partial charge in [-0.15, -0.1) is 12.4 Å². The molecular weight excluding hydrogens is 358 g/mol. The van der Waals surface area contributed by atoms with Gasteiger partial charge in [-0.05, 0) is 37.1 Å². The lowest BCUT2D eigenvalue weighted by Crippen LogP contribution is -2.25. The van der Waals surface area contributed by atoms with Crippen LogP contribution in [0, 0.1) is 0 Å². The third kappa shape index (κ3) is 5.77. The van der Waals surface area contributed by atoms with Gasteiger partial charge in [-0.25, -0.2) is 4.98 Å². The van der Waals surface area contributed by atoms with Gasteiger partial charge in [0.05, 0.1) is 25.7 Å². The zero-order chi connectivity index (χ0) is 17.5. The number of hydrogen-bond donors (Lipinski definition) is 3. The molecule has 2 aromatic rings. The van der Waals surface area contributed by atoms with Gasteiger partial charge < -0.3 is 20.5 Å². The molecule has 26 heavy (non-hydrogen) atoms. The average molecular weight is 382 g/mol. The van der Waals surface area contributed by atoms with Crippen LogP contribution in [0.25, 0.3) is 11.4 Å². The predicted octanol–water partition coefficient (Wildman–Crippen LogP) is 1.88. The lowest BCUT2D eigenvalue weighted by atomic mass is 10.1. The SMILES string of the molecule is Cl.NCc1nc(-c2ccc(NC(=O)CCOC3CCOCC3)cc2)n[nH]1. The number of nitrogens with one attached hydrogen (secondary N) is 2. The molecule has 3 rings (SSSR count). The highest BCUT2D eigenvalue weighted by atomic mass is 35.5. The maximum absolute atomic E-state index is 12.0. The minimum atomic E-state index is -0.0666. The van der Waals surface area contributed by atoms with Crippen molar-refractivity contribution in [3.05, 3.63) is 30.1 Å². The van der Waals surface area contributed by atoms with Gasteiger partial charge in [0.1, 0.15) is 5.82 Å². The quantitative estimate of drug-likeness (QED) is 0.674. The van der Waals surface area contributed by atoms with Crippen LogP contribution >= 0.6 is 12.4 Å². The second kappa shape index (κ2) is 10.2. The summed E-state index contributed by atoms with van der Waals surface area (Å²) >= 11 is 0. The number of carbonyl (C=O) groups is 1. The first-order valence-corrected chi connectivity index (χ1v) is 8.45. The van der Waals surface area contributed by atoms with Crippen LogP contribution in [0.1, 0.15) is 25.1 Å². The van der Waals surface area contributed by atoms with Crippen LogP contribution in [-0.2, 0) is 20.8 Å². The summed E-state index contributed by atoms with van der Waals surface area (Å²) in [5.41, 5.74) is 7.10. The van der Waals surface area contributed by atoms with Gasteiger partial charge in [-0.2, -0.15) is 5.10 Å². The van der Waals surface area contributed by atoms with E-state index in [4.69, 9.17) is 15.2 Å². The van der Waals surface area contributed by atoms with Crippen molar-refractivity contribution in [3.63, 3.8) is 0 Å². The van der Waals surface area contributed by atoms with Crippen molar-refractivity contribution in [2.45, 2.75) is 31.9 Å². The van der Waals surface area contributed by atoms with E-state index in [0.717, 1.165) is 37.3 Å². The lowest BCUT2D eigenvalue weighted by molar-refractivity contribution is -0.118. The highest BCUT2D eigenvalue weighted by Crippen LogP contribution is 2.18. The van der Waals surface area contributed by atoms with Crippen molar-refractivity contribution >= 4 is 24.0 Å². The molecule has 0 radical (unpaired) electrons. The van der Waals surface area contributed by atoms with E-state index < -0.39 is 0 Å². The number of aromatic amines is 1. The molecule has 1 saturated heterocycles. The molecule has 1 aliphatic heterocycles. The van der Waals surface area contributed by atoms with Crippen LogP contribution in [-0.4, -0.2) is 47.0 Å². The predicted molar refractivity (Wildman–Crippen MR) is 100.0 cm³/mol. The third-order valence-corrected chi connectivity index (χ3v) is 4.00. The average Bonchev–Trinajstić information content (AvgIpc) is 3.12. The molecule has 0 saturated carbocycles. The fourth-order valence-corrected chi connectivity index (χ4v) is 2.60. The number of halogens is 1. The van der Waals surface area contributed by atoms with Gasteiger partial charge in [0.25, 0.3) is 0 Å². The molecule has 2 heterocycles. The molecule has 1 aromatic heterocycles. The van der Waals surface area contributed by atoms with E-state index in [2.05, 4.69) is 20.5 Å². The van der Waals surface area contributed by atoms with Gasteiger partial charge in [-0.3, -0.25) is 9.89 Å². The number of hydrogen-bond acceptors (Lipinski definition) is 6. The molecule has 142 valence electrons. The van der Waals surface area contributed by atoms with E-state index in [-0.39, 0.29) is 24.4 Å². The Hall–Kier alpha value is -2.00.